The second kappa shape index (κ2) is 5.34. The highest BCUT2D eigenvalue weighted by Crippen LogP contribution is 2.41. The van der Waals surface area contributed by atoms with Crippen molar-refractivity contribution in [2.24, 2.45) is 11.8 Å². The van der Waals surface area contributed by atoms with Gasteiger partial charge in [0.25, 0.3) is 0 Å². The van der Waals surface area contributed by atoms with E-state index in [-0.39, 0.29) is 6.10 Å². The molecule has 0 bridgehead atoms. The highest BCUT2D eigenvalue weighted by atomic mass is 35.5. The molecular weight excluding hydrogens is 290 g/mol. The Hall–Kier alpha value is -0.970. The second-order valence-electron chi connectivity index (χ2n) is 6.36. The van der Waals surface area contributed by atoms with Gasteiger partial charge in [0, 0.05) is 25.6 Å². The van der Waals surface area contributed by atoms with Crippen LogP contribution in [0.1, 0.15) is 18.4 Å². The predicted molar refractivity (Wildman–Crippen MR) is 79.9 cm³/mol. The fourth-order valence-electron chi connectivity index (χ4n) is 3.97. The number of hydrogen-bond donors (Lipinski definition) is 1. The number of nitrogens with zero attached hydrogens (tertiary/aromatic N) is 1. The highest BCUT2D eigenvalue weighted by molar-refractivity contribution is 6.32. The van der Waals surface area contributed by atoms with Gasteiger partial charge in [0.05, 0.1) is 11.1 Å². The lowest BCUT2D eigenvalue weighted by Gasteiger charge is -2.22. The van der Waals surface area contributed by atoms with Crippen molar-refractivity contribution in [1.82, 2.24) is 4.90 Å². The van der Waals surface area contributed by atoms with Crippen molar-refractivity contribution in [1.29, 1.82) is 0 Å². The normalized spacial score (nSPS) is 31.4. The quantitative estimate of drug-likeness (QED) is 0.910. The molecule has 5 heteroatoms. The maximum atomic E-state index is 10.0. The van der Waals surface area contributed by atoms with Crippen LogP contribution in [0.4, 0.5) is 0 Å². The molecule has 1 aromatic carbocycles. The molecule has 1 aromatic rings. The first-order chi connectivity index (χ1) is 10.2. The molecule has 3 unspecified atom stereocenters. The molecule has 4 rings (SSSR count). The fraction of sp³-hybridized carbons (Fsp3) is 0.625. The number of likely N-dealkylation sites (tertiary alicyclic amines) is 1. The van der Waals surface area contributed by atoms with Gasteiger partial charge in [-0.3, -0.25) is 4.90 Å². The van der Waals surface area contributed by atoms with Gasteiger partial charge in [0.15, 0.2) is 11.5 Å². The van der Waals surface area contributed by atoms with Crippen LogP contribution in [-0.2, 0) is 6.54 Å². The summed E-state index contributed by atoms with van der Waals surface area (Å²) in [6, 6.07) is 4.00. The lowest BCUT2D eigenvalue weighted by molar-refractivity contribution is 0.123. The Morgan fingerprint density at radius 1 is 1.19 bits per heavy atom. The van der Waals surface area contributed by atoms with Crippen molar-refractivity contribution >= 4 is 11.6 Å². The van der Waals surface area contributed by atoms with Crippen molar-refractivity contribution in [3.8, 4) is 11.5 Å². The molecular formula is C16H20ClNO3. The largest absolute Gasteiger partial charge is 0.486 e. The predicted octanol–water partition coefficient (Wildman–Crippen LogP) is 2.31. The monoisotopic (exact) mass is 309 g/mol. The van der Waals surface area contributed by atoms with Crippen LogP contribution in [0.3, 0.4) is 0 Å². The van der Waals surface area contributed by atoms with Crippen LogP contribution in [0.2, 0.25) is 5.02 Å². The maximum absolute atomic E-state index is 10.0. The van der Waals surface area contributed by atoms with E-state index < -0.39 is 0 Å². The van der Waals surface area contributed by atoms with Gasteiger partial charge in [-0.25, -0.2) is 0 Å². The van der Waals surface area contributed by atoms with E-state index >= 15 is 0 Å². The summed E-state index contributed by atoms with van der Waals surface area (Å²) in [5, 5.41) is 10.6. The van der Waals surface area contributed by atoms with Crippen molar-refractivity contribution in [2.75, 3.05) is 26.3 Å². The Bertz CT molecular complexity index is 551. The standard InChI is InChI=1S/C16H20ClNO3/c17-13-5-10(6-15-16(13)21-4-3-20-15)7-18-8-11-1-2-14(19)12(11)9-18/h5-6,11-12,14,19H,1-4,7-9H2. The average molecular weight is 310 g/mol. The third kappa shape index (κ3) is 2.50. The van der Waals surface area contributed by atoms with E-state index in [4.69, 9.17) is 21.1 Å². The van der Waals surface area contributed by atoms with Gasteiger partial charge in [0.2, 0.25) is 0 Å². The summed E-state index contributed by atoms with van der Waals surface area (Å²) in [5.74, 6) is 2.54. The van der Waals surface area contributed by atoms with Crippen molar-refractivity contribution in [3.05, 3.63) is 22.7 Å². The minimum Gasteiger partial charge on any atom is -0.486 e. The summed E-state index contributed by atoms with van der Waals surface area (Å²) in [7, 11) is 0. The lowest BCUT2D eigenvalue weighted by atomic mass is 10.00. The van der Waals surface area contributed by atoms with Gasteiger partial charge in [-0.1, -0.05) is 11.6 Å². The molecule has 0 radical (unpaired) electrons. The zero-order valence-electron chi connectivity index (χ0n) is 11.9. The number of aliphatic hydroxyl groups excluding tert-OH is 1. The van der Waals surface area contributed by atoms with Crippen molar-refractivity contribution in [2.45, 2.75) is 25.5 Å². The van der Waals surface area contributed by atoms with Gasteiger partial charge >= 0.3 is 0 Å². The third-order valence-electron chi connectivity index (χ3n) is 4.96. The summed E-state index contributed by atoms with van der Waals surface area (Å²) in [5.41, 5.74) is 1.15. The van der Waals surface area contributed by atoms with E-state index in [0.717, 1.165) is 43.8 Å². The Morgan fingerprint density at radius 3 is 2.90 bits per heavy atom. The molecule has 0 spiro atoms. The topological polar surface area (TPSA) is 41.9 Å². The molecule has 3 atom stereocenters. The summed E-state index contributed by atoms with van der Waals surface area (Å²) < 4.78 is 11.2. The van der Waals surface area contributed by atoms with Crippen LogP contribution in [0.15, 0.2) is 12.1 Å². The van der Waals surface area contributed by atoms with E-state index in [1.165, 1.54) is 0 Å². The zero-order valence-corrected chi connectivity index (χ0v) is 12.7. The van der Waals surface area contributed by atoms with Gasteiger partial charge in [-0.15, -0.1) is 0 Å². The van der Waals surface area contributed by atoms with Crippen LogP contribution in [0.5, 0.6) is 11.5 Å². The first kappa shape index (κ1) is 13.7. The van der Waals surface area contributed by atoms with E-state index in [1.54, 1.807) is 0 Å². The van der Waals surface area contributed by atoms with Gasteiger partial charge in [-0.2, -0.15) is 0 Å². The summed E-state index contributed by atoms with van der Waals surface area (Å²) in [4.78, 5) is 2.42. The molecule has 4 nitrogen and oxygen atoms in total. The Kier molecular flexibility index (Phi) is 3.48. The Morgan fingerprint density at radius 2 is 2.05 bits per heavy atom. The zero-order chi connectivity index (χ0) is 14.4. The second-order valence-corrected chi connectivity index (χ2v) is 6.77. The van der Waals surface area contributed by atoms with Gasteiger partial charge < -0.3 is 14.6 Å². The van der Waals surface area contributed by atoms with Crippen molar-refractivity contribution < 1.29 is 14.6 Å². The maximum Gasteiger partial charge on any atom is 0.179 e. The molecule has 21 heavy (non-hydrogen) atoms. The third-order valence-corrected chi connectivity index (χ3v) is 5.24. The van der Waals surface area contributed by atoms with Crippen LogP contribution >= 0.6 is 11.6 Å². The summed E-state index contributed by atoms with van der Waals surface area (Å²) in [6.45, 7) is 4.05. The van der Waals surface area contributed by atoms with Crippen LogP contribution < -0.4 is 9.47 Å². The number of hydrogen-bond acceptors (Lipinski definition) is 4. The molecule has 2 heterocycles. The number of benzene rings is 1. The Balaban J connectivity index is 1.49. The molecule has 1 N–H and O–H groups in total. The summed E-state index contributed by atoms with van der Waals surface area (Å²) in [6.07, 6.45) is 2.02. The molecule has 1 aliphatic carbocycles. The van der Waals surface area contributed by atoms with Crippen LogP contribution in [0.25, 0.3) is 0 Å². The van der Waals surface area contributed by atoms with Gasteiger partial charge in [0.1, 0.15) is 13.2 Å². The molecule has 114 valence electrons. The number of aliphatic hydroxyl groups is 1. The van der Waals surface area contributed by atoms with Crippen LogP contribution in [0, 0.1) is 11.8 Å². The minimum atomic E-state index is -0.108. The molecule has 0 aromatic heterocycles. The highest BCUT2D eigenvalue weighted by Gasteiger charge is 2.41. The number of ether oxygens (including phenoxy) is 2. The molecule has 2 fully saturated rings. The smallest absolute Gasteiger partial charge is 0.179 e. The van der Waals surface area contributed by atoms with E-state index in [1.807, 2.05) is 12.1 Å². The minimum absolute atomic E-state index is 0.108. The molecule has 3 aliphatic rings. The van der Waals surface area contributed by atoms with E-state index in [0.29, 0.717) is 35.8 Å². The molecule has 1 saturated heterocycles. The first-order valence-corrected chi connectivity index (χ1v) is 8.07. The van der Waals surface area contributed by atoms with Crippen molar-refractivity contribution in [3.63, 3.8) is 0 Å². The number of rotatable bonds is 2. The number of halogens is 1. The lowest BCUT2D eigenvalue weighted by Crippen LogP contribution is -2.24. The average Bonchev–Trinajstić information content (AvgIpc) is 3.01. The van der Waals surface area contributed by atoms with Crippen LogP contribution in [-0.4, -0.2) is 42.4 Å². The van der Waals surface area contributed by atoms with E-state index in [9.17, 15) is 5.11 Å². The molecule has 1 saturated carbocycles. The molecule has 2 aliphatic heterocycles. The first-order valence-electron chi connectivity index (χ1n) is 7.69. The SMILES string of the molecule is OC1CCC2CN(Cc3cc(Cl)c4c(c3)OCCO4)CC12. The van der Waals surface area contributed by atoms with E-state index in [2.05, 4.69) is 4.90 Å². The van der Waals surface area contributed by atoms with Gasteiger partial charge in [-0.05, 0) is 36.5 Å². The summed E-state index contributed by atoms with van der Waals surface area (Å²) >= 11 is 6.29. The Labute approximate surface area is 129 Å². The fourth-order valence-corrected chi connectivity index (χ4v) is 4.26. The number of fused-ring (bicyclic) bond motifs is 2. The molecule has 0 amide bonds.